The number of carbonyl (C=O) groups is 1. The molecule has 7 heteroatoms. The van der Waals surface area contributed by atoms with Crippen LogP contribution in [0.15, 0.2) is 42.5 Å². The van der Waals surface area contributed by atoms with Crippen LogP contribution in [0, 0.1) is 17.7 Å². The van der Waals surface area contributed by atoms with Gasteiger partial charge in [-0.25, -0.2) is 4.39 Å². The van der Waals surface area contributed by atoms with Gasteiger partial charge in [-0.05, 0) is 61.3 Å². The molecule has 0 bridgehead atoms. The van der Waals surface area contributed by atoms with E-state index in [1.807, 2.05) is 24.3 Å². The van der Waals surface area contributed by atoms with Crippen LogP contribution in [0.1, 0.15) is 18.9 Å². The lowest BCUT2D eigenvalue weighted by Crippen LogP contribution is -2.26. The van der Waals surface area contributed by atoms with Gasteiger partial charge >= 0.3 is 5.97 Å². The maximum Gasteiger partial charge on any atom is 0.311 e. The standard InChI is InChI=1S/C22H27BClFO4/c1-3-29-22(27)18(14-26)11-16(13-23(2)28)10-15-4-6-17(7-5-15)20-12-19(24)8-9-21(20)25/h4-9,12,16,18,26,28H,3,10-11,13-14H2,1-2H3/t16-,18+/m1/s1. The predicted molar refractivity (Wildman–Crippen MR) is 115 cm³/mol. The van der Waals surface area contributed by atoms with Gasteiger partial charge in [-0.2, -0.15) is 0 Å². The molecule has 0 fully saturated rings. The van der Waals surface area contributed by atoms with E-state index in [0.29, 0.717) is 29.7 Å². The first-order valence-electron chi connectivity index (χ1n) is 9.83. The Morgan fingerprint density at radius 1 is 1.24 bits per heavy atom. The van der Waals surface area contributed by atoms with Gasteiger partial charge in [0.1, 0.15) is 5.82 Å². The van der Waals surface area contributed by atoms with Gasteiger partial charge in [-0.3, -0.25) is 4.79 Å². The quantitative estimate of drug-likeness (QED) is 0.439. The van der Waals surface area contributed by atoms with Crippen molar-refractivity contribution in [3.05, 3.63) is 58.9 Å². The summed E-state index contributed by atoms with van der Waals surface area (Å²) < 4.78 is 19.1. The molecule has 2 rings (SSSR count). The van der Waals surface area contributed by atoms with Crippen molar-refractivity contribution in [3.8, 4) is 11.1 Å². The van der Waals surface area contributed by atoms with Crippen molar-refractivity contribution in [2.24, 2.45) is 11.8 Å². The molecule has 0 heterocycles. The van der Waals surface area contributed by atoms with Crippen LogP contribution >= 0.6 is 11.6 Å². The van der Waals surface area contributed by atoms with Crippen molar-refractivity contribution in [1.29, 1.82) is 0 Å². The van der Waals surface area contributed by atoms with Gasteiger partial charge in [0.25, 0.3) is 6.92 Å². The predicted octanol–water partition coefficient (Wildman–Crippen LogP) is 4.48. The third-order valence-electron chi connectivity index (χ3n) is 4.85. The van der Waals surface area contributed by atoms with E-state index in [4.69, 9.17) is 16.3 Å². The van der Waals surface area contributed by atoms with Crippen LogP contribution in [0.3, 0.4) is 0 Å². The lowest BCUT2D eigenvalue weighted by molar-refractivity contribution is -0.150. The van der Waals surface area contributed by atoms with Crippen LogP contribution in [0.2, 0.25) is 18.2 Å². The maximum atomic E-state index is 14.1. The monoisotopic (exact) mass is 420 g/mol. The Morgan fingerprint density at radius 2 is 1.93 bits per heavy atom. The second-order valence-electron chi connectivity index (χ2n) is 7.34. The average molecular weight is 421 g/mol. The molecule has 4 nitrogen and oxygen atoms in total. The zero-order valence-corrected chi connectivity index (χ0v) is 17.5. The van der Waals surface area contributed by atoms with E-state index in [2.05, 4.69) is 0 Å². The number of ether oxygens (including phenoxy) is 1. The Balaban J connectivity index is 2.14. The number of halogens is 2. The average Bonchev–Trinajstić information content (AvgIpc) is 2.68. The van der Waals surface area contributed by atoms with E-state index in [-0.39, 0.29) is 24.9 Å². The Labute approximate surface area is 176 Å². The van der Waals surface area contributed by atoms with Gasteiger partial charge in [-0.1, -0.05) is 42.7 Å². The summed E-state index contributed by atoms with van der Waals surface area (Å²) in [5.41, 5.74) is 2.16. The minimum Gasteiger partial charge on any atom is -0.466 e. The first-order chi connectivity index (χ1) is 13.8. The fourth-order valence-electron chi connectivity index (χ4n) is 3.53. The summed E-state index contributed by atoms with van der Waals surface area (Å²) in [6.45, 7) is 2.88. The largest absolute Gasteiger partial charge is 0.466 e. The summed E-state index contributed by atoms with van der Waals surface area (Å²) in [6, 6.07) is 11.9. The van der Waals surface area contributed by atoms with Gasteiger partial charge in [0.15, 0.2) is 0 Å². The summed E-state index contributed by atoms with van der Waals surface area (Å²) in [5.74, 6) is -1.38. The normalized spacial score (nSPS) is 13.0. The Hall–Kier alpha value is -1.89. The SMILES string of the molecule is CCOC(=O)[C@H](CO)C[C@H](CB(C)O)Cc1ccc(-c2cc(Cl)ccc2F)cc1. The van der Waals surface area contributed by atoms with Gasteiger partial charge in [-0.15, -0.1) is 0 Å². The van der Waals surface area contributed by atoms with E-state index >= 15 is 0 Å². The molecule has 0 aliphatic heterocycles. The second-order valence-corrected chi connectivity index (χ2v) is 7.78. The number of benzene rings is 2. The number of hydrogen-bond donors (Lipinski definition) is 2. The molecular weight excluding hydrogens is 394 g/mol. The highest BCUT2D eigenvalue weighted by atomic mass is 35.5. The van der Waals surface area contributed by atoms with Crippen LogP contribution in [-0.2, 0) is 16.0 Å². The summed E-state index contributed by atoms with van der Waals surface area (Å²) in [7, 11) is 0. The number of hydrogen-bond acceptors (Lipinski definition) is 4. The van der Waals surface area contributed by atoms with Crippen LogP contribution in [0.4, 0.5) is 4.39 Å². The number of aliphatic hydroxyl groups is 1. The molecule has 2 aromatic carbocycles. The number of carbonyl (C=O) groups excluding carboxylic acids is 1. The molecule has 0 saturated heterocycles. The third kappa shape index (κ3) is 7.14. The highest BCUT2D eigenvalue weighted by molar-refractivity contribution is 6.48. The van der Waals surface area contributed by atoms with Crippen LogP contribution < -0.4 is 0 Å². The van der Waals surface area contributed by atoms with E-state index in [9.17, 15) is 19.3 Å². The van der Waals surface area contributed by atoms with Gasteiger partial charge in [0.05, 0.1) is 19.1 Å². The molecule has 2 aromatic rings. The molecule has 0 spiro atoms. The van der Waals surface area contributed by atoms with Crippen LogP contribution in [-0.4, -0.2) is 36.2 Å². The molecule has 29 heavy (non-hydrogen) atoms. The lowest BCUT2D eigenvalue weighted by atomic mass is 9.62. The highest BCUT2D eigenvalue weighted by Gasteiger charge is 2.25. The first-order valence-corrected chi connectivity index (χ1v) is 10.2. The fourth-order valence-corrected chi connectivity index (χ4v) is 3.70. The molecule has 156 valence electrons. The van der Waals surface area contributed by atoms with Gasteiger partial charge in [0, 0.05) is 10.6 Å². The van der Waals surface area contributed by atoms with E-state index < -0.39 is 18.8 Å². The molecule has 2 atom stereocenters. The second kappa shape index (κ2) is 11.3. The molecule has 0 aliphatic carbocycles. The molecule has 0 saturated carbocycles. The summed E-state index contributed by atoms with van der Waals surface area (Å²) in [6.07, 6.45) is 1.55. The van der Waals surface area contributed by atoms with Crippen LogP contribution in [0.25, 0.3) is 11.1 Å². The Bertz CT molecular complexity index is 798. The Kier molecular flexibility index (Phi) is 9.15. The van der Waals surface area contributed by atoms with Crippen molar-refractivity contribution in [1.82, 2.24) is 0 Å². The topological polar surface area (TPSA) is 66.8 Å². The van der Waals surface area contributed by atoms with Crippen molar-refractivity contribution >= 4 is 24.5 Å². The third-order valence-corrected chi connectivity index (χ3v) is 5.09. The number of rotatable bonds is 10. The minimum absolute atomic E-state index is 0.00897. The zero-order valence-electron chi connectivity index (χ0n) is 16.8. The number of aliphatic hydroxyl groups excluding tert-OH is 1. The van der Waals surface area contributed by atoms with Crippen molar-refractivity contribution < 1.29 is 24.1 Å². The molecule has 0 unspecified atom stereocenters. The molecule has 2 N–H and O–H groups in total. The van der Waals surface area contributed by atoms with Gasteiger partial charge < -0.3 is 14.9 Å². The molecule has 0 aliphatic rings. The van der Waals surface area contributed by atoms with Crippen molar-refractivity contribution in [2.45, 2.75) is 32.9 Å². The van der Waals surface area contributed by atoms with Crippen molar-refractivity contribution in [3.63, 3.8) is 0 Å². The van der Waals surface area contributed by atoms with Crippen molar-refractivity contribution in [2.75, 3.05) is 13.2 Å². The smallest absolute Gasteiger partial charge is 0.311 e. The van der Waals surface area contributed by atoms with E-state index in [1.165, 1.54) is 12.1 Å². The molecular formula is C22H27BClFO4. The zero-order chi connectivity index (χ0) is 21.4. The minimum atomic E-state index is -0.612. The van der Waals surface area contributed by atoms with Gasteiger partial charge in [0.2, 0.25) is 0 Å². The molecule has 0 amide bonds. The highest BCUT2D eigenvalue weighted by Crippen LogP contribution is 2.28. The summed E-state index contributed by atoms with van der Waals surface area (Å²) >= 11 is 5.98. The fraction of sp³-hybridized carbons (Fsp3) is 0.409. The summed E-state index contributed by atoms with van der Waals surface area (Å²) in [5, 5.41) is 19.9. The Morgan fingerprint density at radius 3 is 2.52 bits per heavy atom. The molecule has 0 aromatic heterocycles. The first kappa shape index (κ1) is 23.4. The van der Waals surface area contributed by atoms with Crippen LogP contribution in [0.5, 0.6) is 0 Å². The lowest BCUT2D eigenvalue weighted by Gasteiger charge is -2.22. The van der Waals surface area contributed by atoms with E-state index in [0.717, 1.165) is 11.1 Å². The van der Waals surface area contributed by atoms with E-state index in [1.54, 1.807) is 19.8 Å². The number of esters is 1. The maximum absolute atomic E-state index is 14.1. The summed E-state index contributed by atoms with van der Waals surface area (Å²) in [4.78, 5) is 12.0. The molecule has 0 radical (unpaired) electrons.